The van der Waals surface area contributed by atoms with E-state index in [9.17, 15) is 14.4 Å². The quantitative estimate of drug-likeness (QED) is 0.725. The molecule has 1 atom stereocenters. The van der Waals surface area contributed by atoms with E-state index in [1.165, 1.54) is 11.3 Å². The van der Waals surface area contributed by atoms with Crippen molar-refractivity contribution in [2.75, 3.05) is 0 Å². The van der Waals surface area contributed by atoms with Crippen LogP contribution in [0, 0.1) is 6.92 Å². The van der Waals surface area contributed by atoms with Crippen molar-refractivity contribution in [2.24, 2.45) is 0 Å². The van der Waals surface area contributed by atoms with Gasteiger partial charge < -0.3 is 5.32 Å². The van der Waals surface area contributed by atoms with E-state index in [-0.39, 0.29) is 18.2 Å². The Bertz CT molecular complexity index is 483. The third-order valence-corrected chi connectivity index (χ3v) is 3.17. The number of amides is 3. The van der Waals surface area contributed by atoms with Gasteiger partial charge >= 0.3 is 0 Å². The Morgan fingerprint density at radius 3 is 2.94 bits per heavy atom. The van der Waals surface area contributed by atoms with Crippen LogP contribution in [0.3, 0.4) is 0 Å². The molecule has 90 valence electrons. The highest BCUT2D eigenvalue weighted by atomic mass is 32.1. The molecule has 17 heavy (non-hydrogen) atoms. The summed E-state index contributed by atoms with van der Waals surface area (Å²) in [7, 11) is 0. The van der Waals surface area contributed by atoms with E-state index in [1.807, 2.05) is 0 Å². The molecule has 0 radical (unpaired) electrons. The molecule has 1 aromatic heterocycles. The predicted molar refractivity (Wildman–Crippen MR) is 60.5 cm³/mol. The molecule has 1 saturated heterocycles. The molecule has 1 fully saturated rings. The third kappa shape index (κ3) is 2.68. The summed E-state index contributed by atoms with van der Waals surface area (Å²) in [5, 5.41) is 7.17. The van der Waals surface area contributed by atoms with Gasteiger partial charge in [0.15, 0.2) is 0 Å². The monoisotopic (exact) mass is 253 g/mol. The molecule has 1 aromatic rings. The fourth-order valence-electron chi connectivity index (χ4n) is 1.53. The lowest BCUT2D eigenvalue weighted by Gasteiger charge is -2.21. The fourth-order valence-corrected chi connectivity index (χ4v) is 2.12. The van der Waals surface area contributed by atoms with E-state index in [4.69, 9.17) is 0 Å². The second-order valence-electron chi connectivity index (χ2n) is 3.73. The summed E-state index contributed by atoms with van der Waals surface area (Å²) in [6.07, 6.45) is 0.576. The molecular formula is C10H11N3O3S. The van der Waals surface area contributed by atoms with Crippen LogP contribution in [0.25, 0.3) is 0 Å². The van der Waals surface area contributed by atoms with Gasteiger partial charge in [-0.2, -0.15) is 0 Å². The minimum atomic E-state index is -0.651. The average Bonchev–Trinajstić information content (AvgIpc) is 2.69. The van der Waals surface area contributed by atoms with Gasteiger partial charge in [-0.05, 0) is 13.3 Å². The second kappa shape index (κ2) is 4.62. The Morgan fingerprint density at radius 2 is 2.35 bits per heavy atom. The minimum Gasteiger partial charge on any atom is -0.339 e. The van der Waals surface area contributed by atoms with Crippen LogP contribution in [-0.4, -0.2) is 28.7 Å². The van der Waals surface area contributed by atoms with E-state index in [2.05, 4.69) is 15.6 Å². The summed E-state index contributed by atoms with van der Waals surface area (Å²) in [5.41, 5.74) is 0.303. The van der Waals surface area contributed by atoms with E-state index in [1.54, 1.807) is 12.3 Å². The van der Waals surface area contributed by atoms with E-state index in [0.717, 1.165) is 5.01 Å². The average molecular weight is 253 g/mol. The second-order valence-corrected chi connectivity index (χ2v) is 4.79. The smallest absolute Gasteiger partial charge is 0.271 e. The van der Waals surface area contributed by atoms with Crippen molar-refractivity contribution in [3.05, 3.63) is 16.1 Å². The van der Waals surface area contributed by atoms with Crippen LogP contribution in [0.4, 0.5) is 0 Å². The lowest BCUT2D eigenvalue weighted by molar-refractivity contribution is -0.134. The maximum absolute atomic E-state index is 11.7. The summed E-state index contributed by atoms with van der Waals surface area (Å²) in [5.74, 6) is -1.14. The van der Waals surface area contributed by atoms with Crippen molar-refractivity contribution in [3.8, 4) is 0 Å². The molecule has 6 nitrogen and oxygen atoms in total. The number of thiazole rings is 1. The van der Waals surface area contributed by atoms with Crippen LogP contribution in [0.5, 0.6) is 0 Å². The first-order valence-electron chi connectivity index (χ1n) is 5.13. The summed E-state index contributed by atoms with van der Waals surface area (Å²) < 4.78 is 0. The normalized spacial score (nSPS) is 19.9. The third-order valence-electron chi connectivity index (χ3n) is 2.40. The molecule has 0 bridgehead atoms. The van der Waals surface area contributed by atoms with Gasteiger partial charge in [-0.15, -0.1) is 11.3 Å². The first kappa shape index (κ1) is 11.7. The number of carbonyl (C=O) groups excluding carboxylic acids is 3. The Balaban J connectivity index is 1.99. The number of aromatic nitrogens is 1. The molecule has 2 N–H and O–H groups in total. The molecule has 0 saturated carbocycles. The maximum Gasteiger partial charge on any atom is 0.271 e. The van der Waals surface area contributed by atoms with Gasteiger partial charge in [-0.1, -0.05) is 0 Å². The standard InChI is InChI=1S/C10H11N3O3S/c1-5-11-7(4-17-5)10(16)12-6-2-3-8(14)13-9(6)15/h4,6H,2-3H2,1H3,(H,12,16)(H,13,14,15). The molecule has 1 aliphatic rings. The molecule has 1 unspecified atom stereocenters. The fraction of sp³-hybridized carbons (Fsp3) is 0.400. The Morgan fingerprint density at radius 1 is 1.59 bits per heavy atom. The first-order chi connectivity index (χ1) is 8.06. The van der Waals surface area contributed by atoms with Crippen LogP contribution in [0.1, 0.15) is 28.3 Å². The molecule has 2 heterocycles. The summed E-state index contributed by atoms with van der Waals surface area (Å²) in [6, 6.07) is -0.651. The molecule has 3 amide bonds. The number of rotatable bonds is 2. The Hall–Kier alpha value is -1.76. The van der Waals surface area contributed by atoms with Crippen molar-refractivity contribution >= 4 is 29.1 Å². The van der Waals surface area contributed by atoms with Crippen molar-refractivity contribution < 1.29 is 14.4 Å². The predicted octanol–water partition coefficient (Wildman–Crippen LogP) is -0.0135. The first-order valence-corrected chi connectivity index (χ1v) is 6.01. The summed E-state index contributed by atoms with van der Waals surface area (Å²) in [6.45, 7) is 1.80. The molecule has 0 spiro atoms. The Labute approximate surface area is 101 Å². The van der Waals surface area contributed by atoms with E-state index >= 15 is 0 Å². The number of nitrogens with one attached hydrogen (secondary N) is 2. The number of imide groups is 1. The maximum atomic E-state index is 11.7. The van der Waals surface area contributed by atoms with E-state index in [0.29, 0.717) is 12.1 Å². The number of piperidine rings is 1. The largest absolute Gasteiger partial charge is 0.339 e. The SMILES string of the molecule is Cc1nc(C(=O)NC2CCC(=O)NC2=O)cs1. The Kier molecular flexibility index (Phi) is 3.19. The van der Waals surface area contributed by atoms with Gasteiger partial charge in [0.2, 0.25) is 11.8 Å². The summed E-state index contributed by atoms with van der Waals surface area (Å²) >= 11 is 1.37. The number of hydrogen-bond donors (Lipinski definition) is 2. The van der Waals surface area contributed by atoms with Gasteiger partial charge in [-0.25, -0.2) is 4.98 Å². The molecule has 2 rings (SSSR count). The van der Waals surface area contributed by atoms with E-state index < -0.39 is 11.9 Å². The van der Waals surface area contributed by atoms with Gasteiger partial charge in [0.05, 0.1) is 5.01 Å². The molecule has 0 aromatic carbocycles. The van der Waals surface area contributed by atoms with Crippen LogP contribution in [0.15, 0.2) is 5.38 Å². The van der Waals surface area contributed by atoms with Crippen molar-refractivity contribution in [1.82, 2.24) is 15.6 Å². The number of nitrogens with zero attached hydrogens (tertiary/aromatic N) is 1. The zero-order valence-electron chi connectivity index (χ0n) is 9.15. The van der Waals surface area contributed by atoms with Crippen molar-refractivity contribution in [2.45, 2.75) is 25.8 Å². The highest BCUT2D eigenvalue weighted by molar-refractivity contribution is 7.09. The van der Waals surface area contributed by atoms with Gasteiger partial charge in [0, 0.05) is 11.8 Å². The topological polar surface area (TPSA) is 88.2 Å². The van der Waals surface area contributed by atoms with Gasteiger partial charge in [0.25, 0.3) is 5.91 Å². The summed E-state index contributed by atoms with van der Waals surface area (Å²) in [4.78, 5) is 38.1. The van der Waals surface area contributed by atoms with Crippen LogP contribution >= 0.6 is 11.3 Å². The lowest BCUT2D eigenvalue weighted by Crippen LogP contribution is -2.52. The number of hydrogen-bond acceptors (Lipinski definition) is 5. The highest BCUT2D eigenvalue weighted by Gasteiger charge is 2.28. The zero-order valence-corrected chi connectivity index (χ0v) is 9.97. The zero-order chi connectivity index (χ0) is 12.4. The van der Waals surface area contributed by atoms with Gasteiger partial charge in [-0.3, -0.25) is 19.7 Å². The van der Waals surface area contributed by atoms with Crippen molar-refractivity contribution in [1.29, 1.82) is 0 Å². The van der Waals surface area contributed by atoms with Crippen LogP contribution in [-0.2, 0) is 9.59 Å². The molecular weight excluding hydrogens is 242 g/mol. The van der Waals surface area contributed by atoms with Crippen molar-refractivity contribution in [3.63, 3.8) is 0 Å². The molecule has 1 aliphatic heterocycles. The highest BCUT2D eigenvalue weighted by Crippen LogP contribution is 2.09. The van der Waals surface area contributed by atoms with Crippen LogP contribution in [0.2, 0.25) is 0 Å². The van der Waals surface area contributed by atoms with Crippen LogP contribution < -0.4 is 10.6 Å². The minimum absolute atomic E-state index is 0.243. The number of carbonyl (C=O) groups is 3. The molecule has 7 heteroatoms. The lowest BCUT2D eigenvalue weighted by atomic mass is 10.1. The molecule has 0 aliphatic carbocycles. The van der Waals surface area contributed by atoms with Gasteiger partial charge in [0.1, 0.15) is 11.7 Å². The number of aryl methyl sites for hydroxylation is 1.